The van der Waals surface area contributed by atoms with Gasteiger partial charge in [-0.25, -0.2) is 0 Å². The van der Waals surface area contributed by atoms with Crippen molar-refractivity contribution in [3.05, 3.63) is 63.1 Å². The molecule has 0 aliphatic carbocycles. The van der Waals surface area contributed by atoms with Crippen LogP contribution in [-0.4, -0.2) is 7.11 Å². The maximum atomic E-state index is 6.02. The summed E-state index contributed by atoms with van der Waals surface area (Å²) in [5.41, 5.74) is 2.29. The van der Waals surface area contributed by atoms with Gasteiger partial charge in [-0.05, 0) is 42.8 Å². The van der Waals surface area contributed by atoms with Gasteiger partial charge >= 0.3 is 0 Å². The molecule has 2 aromatic rings. The van der Waals surface area contributed by atoms with Gasteiger partial charge < -0.3 is 10.1 Å². The minimum atomic E-state index is 0.220. The summed E-state index contributed by atoms with van der Waals surface area (Å²) in [5.74, 6) is 0.888. The quantitative estimate of drug-likeness (QED) is 0.819. The minimum Gasteiger partial charge on any atom is -0.496 e. The highest BCUT2D eigenvalue weighted by molar-refractivity contribution is 9.10. The lowest BCUT2D eigenvalue weighted by Gasteiger charge is -2.16. The maximum absolute atomic E-state index is 6.02. The second-order valence-corrected chi connectivity index (χ2v) is 5.97. The largest absolute Gasteiger partial charge is 0.496 e. The van der Waals surface area contributed by atoms with E-state index in [1.54, 1.807) is 7.11 Å². The van der Waals surface area contributed by atoms with Crippen LogP contribution >= 0.6 is 27.5 Å². The van der Waals surface area contributed by atoms with Crippen molar-refractivity contribution in [2.24, 2.45) is 0 Å². The van der Waals surface area contributed by atoms with E-state index >= 15 is 0 Å². The number of halogens is 2. The predicted octanol–water partition coefficient (Wildman–Crippen LogP) is 4.96. The summed E-state index contributed by atoms with van der Waals surface area (Å²) < 4.78 is 6.42. The van der Waals surface area contributed by atoms with Gasteiger partial charge in [-0.15, -0.1) is 0 Å². The van der Waals surface area contributed by atoms with Crippen molar-refractivity contribution >= 4 is 27.5 Å². The minimum absolute atomic E-state index is 0.220. The van der Waals surface area contributed by atoms with Gasteiger partial charge in [-0.2, -0.15) is 0 Å². The molecule has 0 saturated carbocycles. The zero-order valence-corrected chi connectivity index (χ0v) is 13.8. The number of methoxy groups -OCH3 is 1. The lowest BCUT2D eigenvalue weighted by atomic mass is 10.1. The first-order chi connectivity index (χ1) is 9.60. The van der Waals surface area contributed by atoms with E-state index in [0.717, 1.165) is 27.4 Å². The second kappa shape index (κ2) is 7.11. The van der Waals surface area contributed by atoms with E-state index in [1.807, 2.05) is 30.3 Å². The molecule has 2 rings (SSSR count). The first kappa shape index (κ1) is 15.4. The van der Waals surface area contributed by atoms with E-state index in [-0.39, 0.29) is 6.04 Å². The molecule has 2 nitrogen and oxygen atoms in total. The van der Waals surface area contributed by atoms with Gasteiger partial charge in [0.1, 0.15) is 5.75 Å². The average molecular weight is 355 g/mol. The molecule has 0 unspecified atom stereocenters. The van der Waals surface area contributed by atoms with Gasteiger partial charge in [0.2, 0.25) is 0 Å². The molecule has 106 valence electrons. The molecule has 0 aromatic heterocycles. The highest BCUT2D eigenvalue weighted by Crippen LogP contribution is 2.24. The normalized spacial score (nSPS) is 12.2. The van der Waals surface area contributed by atoms with Crippen molar-refractivity contribution in [1.82, 2.24) is 5.32 Å². The Bertz CT molecular complexity index is 588. The number of ether oxygens (including phenoxy) is 1. The lowest BCUT2D eigenvalue weighted by Crippen LogP contribution is -2.18. The Hall–Kier alpha value is -1.03. The number of rotatable bonds is 5. The van der Waals surface area contributed by atoms with Gasteiger partial charge in [0.15, 0.2) is 0 Å². The molecule has 0 spiro atoms. The van der Waals surface area contributed by atoms with Crippen LogP contribution in [0.15, 0.2) is 46.9 Å². The van der Waals surface area contributed by atoms with Crippen LogP contribution in [0.5, 0.6) is 5.75 Å². The molecule has 0 aliphatic heterocycles. The predicted molar refractivity (Wildman–Crippen MR) is 87.4 cm³/mol. The third-order valence-corrected chi connectivity index (χ3v) is 3.92. The monoisotopic (exact) mass is 353 g/mol. The zero-order chi connectivity index (χ0) is 14.5. The Morgan fingerprint density at radius 3 is 2.75 bits per heavy atom. The molecule has 0 heterocycles. The van der Waals surface area contributed by atoms with Crippen molar-refractivity contribution in [3.63, 3.8) is 0 Å². The summed E-state index contributed by atoms with van der Waals surface area (Å²) in [6.07, 6.45) is 0. The van der Waals surface area contributed by atoms with Crippen LogP contribution in [0.2, 0.25) is 5.02 Å². The van der Waals surface area contributed by atoms with Crippen LogP contribution < -0.4 is 10.1 Å². The Morgan fingerprint density at radius 1 is 1.25 bits per heavy atom. The molecular formula is C16H17BrClNO. The summed E-state index contributed by atoms with van der Waals surface area (Å²) in [6.45, 7) is 2.85. The third kappa shape index (κ3) is 3.98. The van der Waals surface area contributed by atoms with Gasteiger partial charge in [-0.1, -0.05) is 39.7 Å². The summed E-state index contributed by atoms with van der Waals surface area (Å²) in [6, 6.07) is 14.1. The molecular weight excluding hydrogens is 338 g/mol. The summed E-state index contributed by atoms with van der Waals surface area (Å²) in [5, 5.41) is 4.25. The number of nitrogens with one attached hydrogen (secondary N) is 1. The van der Waals surface area contributed by atoms with Crippen LogP contribution in [0.3, 0.4) is 0 Å². The molecule has 20 heavy (non-hydrogen) atoms. The topological polar surface area (TPSA) is 21.3 Å². The Labute approximate surface area is 133 Å². The van der Waals surface area contributed by atoms with Crippen molar-refractivity contribution in [2.75, 3.05) is 7.11 Å². The molecule has 0 fully saturated rings. The fourth-order valence-electron chi connectivity index (χ4n) is 2.04. The number of benzene rings is 2. The van der Waals surface area contributed by atoms with Crippen LogP contribution in [0.1, 0.15) is 24.1 Å². The molecule has 2 aromatic carbocycles. The fourth-order valence-corrected chi connectivity index (χ4v) is 2.65. The van der Waals surface area contributed by atoms with E-state index in [4.69, 9.17) is 16.3 Å². The van der Waals surface area contributed by atoms with Gasteiger partial charge in [-0.3, -0.25) is 0 Å². The molecule has 0 radical (unpaired) electrons. The average Bonchev–Trinajstić information content (AvgIpc) is 2.45. The van der Waals surface area contributed by atoms with Crippen LogP contribution in [0.4, 0.5) is 0 Å². The third-order valence-electron chi connectivity index (χ3n) is 3.19. The van der Waals surface area contributed by atoms with E-state index in [2.05, 4.69) is 40.3 Å². The van der Waals surface area contributed by atoms with Crippen molar-refractivity contribution in [2.45, 2.75) is 19.5 Å². The standard InChI is InChI=1S/C16H17BrClNO/c1-11(12-4-3-5-15(18)9-12)19-10-13-8-14(17)6-7-16(13)20-2/h3-9,11,19H,10H2,1-2H3/t11-/m1/s1. The summed E-state index contributed by atoms with van der Waals surface area (Å²) in [4.78, 5) is 0. The number of hydrogen-bond donors (Lipinski definition) is 1. The van der Waals surface area contributed by atoms with E-state index in [0.29, 0.717) is 0 Å². The molecule has 1 atom stereocenters. The Balaban J connectivity index is 2.06. The van der Waals surface area contributed by atoms with Gasteiger partial charge in [0.25, 0.3) is 0 Å². The van der Waals surface area contributed by atoms with Gasteiger partial charge in [0, 0.05) is 27.6 Å². The van der Waals surface area contributed by atoms with E-state index in [1.165, 1.54) is 5.56 Å². The molecule has 0 amide bonds. The molecule has 0 aliphatic rings. The molecule has 0 saturated heterocycles. The van der Waals surface area contributed by atoms with Crippen molar-refractivity contribution in [1.29, 1.82) is 0 Å². The second-order valence-electron chi connectivity index (χ2n) is 4.61. The molecule has 1 N–H and O–H groups in total. The van der Waals surface area contributed by atoms with E-state index in [9.17, 15) is 0 Å². The maximum Gasteiger partial charge on any atom is 0.123 e. The lowest BCUT2D eigenvalue weighted by molar-refractivity contribution is 0.406. The summed E-state index contributed by atoms with van der Waals surface area (Å²) >= 11 is 9.51. The highest BCUT2D eigenvalue weighted by atomic mass is 79.9. The van der Waals surface area contributed by atoms with Crippen LogP contribution in [0.25, 0.3) is 0 Å². The Morgan fingerprint density at radius 2 is 2.05 bits per heavy atom. The summed E-state index contributed by atoms with van der Waals surface area (Å²) in [7, 11) is 1.69. The highest BCUT2D eigenvalue weighted by Gasteiger charge is 2.08. The first-order valence-corrected chi connectivity index (χ1v) is 7.58. The molecule has 0 bridgehead atoms. The van der Waals surface area contributed by atoms with Crippen LogP contribution in [0, 0.1) is 0 Å². The number of hydrogen-bond acceptors (Lipinski definition) is 2. The SMILES string of the molecule is COc1ccc(Br)cc1CN[C@H](C)c1cccc(Cl)c1. The zero-order valence-electron chi connectivity index (χ0n) is 11.5. The van der Waals surface area contributed by atoms with Crippen molar-refractivity contribution < 1.29 is 4.74 Å². The van der Waals surface area contributed by atoms with Crippen molar-refractivity contribution in [3.8, 4) is 5.75 Å². The fraction of sp³-hybridized carbons (Fsp3) is 0.250. The first-order valence-electron chi connectivity index (χ1n) is 6.41. The smallest absolute Gasteiger partial charge is 0.123 e. The molecule has 4 heteroatoms. The van der Waals surface area contributed by atoms with Crippen LogP contribution in [-0.2, 0) is 6.54 Å². The van der Waals surface area contributed by atoms with E-state index < -0.39 is 0 Å². The van der Waals surface area contributed by atoms with Gasteiger partial charge in [0.05, 0.1) is 7.11 Å². The Kier molecular flexibility index (Phi) is 5.46.